The maximum absolute atomic E-state index is 6.88. The lowest BCUT2D eigenvalue weighted by Crippen LogP contribution is -2.06. The first-order chi connectivity index (χ1) is 31.7. The van der Waals surface area contributed by atoms with Crippen LogP contribution in [-0.4, -0.2) is 24.1 Å². The summed E-state index contributed by atoms with van der Waals surface area (Å²) in [5.41, 5.74) is 11.2. The standard InChI is InChI=1S/C57H33N5OS/c1-3-16-34(17-4-1)36-23-14-29-49-52(36)40-24-13-28-46(54(40)63-49)61-44-26-10-7-20-37(44)42-33-48-43(32-47(42)61)38-21-8-11-27-45(38)62(48)57-59-55(35-18-5-2-6-19-35)58-56(60-57)41-25-15-31-51-53(41)39-22-9-12-30-50(39)64-51/h1-33H. The van der Waals surface area contributed by atoms with Gasteiger partial charge in [-0.05, 0) is 59.7 Å². The second kappa shape index (κ2) is 13.6. The Morgan fingerprint density at radius 3 is 1.73 bits per heavy atom. The number of furan rings is 1. The molecule has 64 heavy (non-hydrogen) atoms. The normalized spacial score (nSPS) is 12.1. The van der Waals surface area contributed by atoms with Crippen molar-refractivity contribution in [2.75, 3.05) is 0 Å². The zero-order valence-electron chi connectivity index (χ0n) is 34.1. The van der Waals surface area contributed by atoms with Gasteiger partial charge in [-0.25, -0.2) is 4.98 Å². The smallest absolute Gasteiger partial charge is 0.238 e. The molecule has 0 saturated heterocycles. The second-order valence-corrected chi connectivity index (χ2v) is 17.4. The quantitative estimate of drug-likeness (QED) is 0.173. The summed E-state index contributed by atoms with van der Waals surface area (Å²) >= 11 is 1.80. The van der Waals surface area contributed by atoms with Gasteiger partial charge in [0.1, 0.15) is 5.58 Å². The number of hydrogen-bond donors (Lipinski definition) is 0. The highest BCUT2D eigenvalue weighted by atomic mass is 32.1. The Morgan fingerprint density at radius 2 is 0.953 bits per heavy atom. The fraction of sp³-hybridized carbons (Fsp3) is 0. The van der Waals surface area contributed by atoms with Gasteiger partial charge in [-0.3, -0.25) is 4.57 Å². The van der Waals surface area contributed by atoms with Crippen molar-refractivity contribution >= 4 is 97.1 Å². The molecule has 0 aliphatic carbocycles. The fourth-order valence-corrected chi connectivity index (χ4v) is 11.2. The molecule has 0 fully saturated rings. The first-order valence-corrected chi connectivity index (χ1v) is 22.3. The molecule has 5 heterocycles. The van der Waals surface area contributed by atoms with Gasteiger partial charge in [-0.2, -0.15) is 9.97 Å². The Kier molecular flexibility index (Phi) is 7.46. The largest absolute Gasteiger partial charge is 0.454 e. The molecule has 9 aromatic carbocycles. The van der Waals surface area contributed by atoms with Crippen molar-refractivity contribution in [3.05, 3.63) is 200 Å². The van der Waals surface area contributed by atoms with Crippen molar-refractivity contribution < 1.29 is 4.42 Å². The van der Waals surface area contributed by atoms with E-state index >= 15 is 0 Å². The lowest BCUT2D eigenvalue weighted by Gasteiger charge is -2.12. The molecule has 298 valence electrons. The number of thiophene rings is 1. The highest BCUT2D eigenvalue weighted by Crippen LogP contribution is 2.44. The van der Waals surface area contributed by atoms with Gasteiger partial charge in [0, 0.05) is 63.6 Å². The summed E-state index contributed by atoms with van der Waals surface area (Å²) in [6, 6.07) is 70.6. The number of fused-ring (bicyclic) bond motifs is 12. The number of benzene rings is 9. The molecule has 0 aliphatic heterocycles. The predicted octanol–water partition coefficient (Wildman–Crippen LogP) is 15.3. The Hall–Kier alpha value is -8.39. The summed E-state index contributed by atoms with van der Waals surface area (Å²) in [6.07, 6.45) is 0. The van der Waals surface area contributed by atoms with Gasteiger partial charge in [-0.15, -0.1) is 11.3 Å². The van der Waals surface area contributed by atoms with Crippen molar-refractivity contribution in [2.24, 2.45) is 0 Å². The van der Waals surface area contributed by atoms with Crippen LogP contribution in [0.4, 0.5) is 0 Å². The van der Waals surface area contributed by atoms with Gasteiger partial charge in [0.2, 0.25) is 5.95 Å². The van der Waals surface area contributed by atoms with Crippen molar-refractivity contribution in [1.82, 2.24) is 24.1 Å². The van der Waals surface area contributed by atoms with E-state index in [4.69, 9.17) is 19.4 Å². The highest BCUT2D eigenvalue weighted by molar-refractivity contribution is 7.25. The topological polar surface area (TPSA) is 61.7 Å². The van der Waals surface area contributed by atoms with Gasteiger partial charge in [-0.1, -0.05) is 152 Å². The molecule has 0 bridgehead atoms. The number of aromatic nitrogens is 5. The molecule has 0 saturated carbocycles. The summed E-state index contributed by atoms with van der Waals surface area (Å²) < 4.78 is 13.9. The molecule has 0 atom stereocenters. The van der Waals surface area contributed by atoms with Crippen LogP contribution in [-0.2, 0) is 0 Å². The van der Waals surface area contributed by atoms with Gasteiger partial charge in [0.15, 0.2) is 17.2 Å². The van der Waals surface area contributed by atoms with Crippen molar-refractivity contribution in [1.29, 1.82) is 0 Å². The molecule has 14 rings (SSSR count). The minimum Gasteiger partial charge on any atom is -0.454 e. The van der Waals surface area contributed by atoms with Gasteiger partial charge >= 0.3 is 0 Å². The van der Waals surface area contributed by atoms with E-state index in [0.29, 0.717) is 17.6 Å². The Bertz CT molecular complexity index is 4200. The van der Waals surface area contributed by atoms with Crippen LogP contribution in [0.15, 0.2) is 205 Å². The average molecular weight is 836 g/mol. The number of nitrogens with zero attached hydrogens (tertiary/aromatic N) is 5. The molecule has 0 amide bonds. The minimum atomic E-state index is 0.566. The van der Waals surface area contributed by atoms with Crippen molar-refractivity contribution in [3.63, 3.8) is 0 Å². The van der Waals surface area contributed by atoms with E-state index in [0.717, 1.165) is 98.9 Å². The van der Waals surface area contributed by atoms with Crippen molar-refractivity contribution in [3.8, 4) is 45.5 Å². The summed E-state index contributed by atoms with van der Waals surface area (Å²) in [4.78, 5) is 16.0. The number of rotatable bonds is 5. The third kappa shape index (κ3) is 5.10. The SMILES string of the molecule is c1ccc(-c2nc(-c3cccc4sc5ccccc5c34)nc(-n3c4ccccc4c4cc5c(cc43)c3ccccc3n5-c3cccc4c3oc3cccc(-c5ccccc5)c34)n2)cc1. The molecule has 0 N–H and O–H groups in total. The molecule has 6 nitrogen and oxygen atoms in total. The van der Waals surface area contributed by atoms with Crippen LogP contribution in [0.3, 0.4) is 0 Å². The van der Waals surface area contributed by atoms with Crippen LogP contribution < -0.4 is 0 Å². The minimum absolute atomic E-state index is 0.566. The number of para-hydroxylation sites is 3. The Labute approximate surface area is 369 Å². The lowest BCUT2D eigenvalue weighted by molar-refractivity contribution is 0.666. The van der Waals surface area contributed by atoms with Gasteiger partial charge < -0.3 is 8.98 Å². The zero-order chi connectivity index (χ0) is 41.9. The molecule has 7 heteroatoms. The maximum atomic E-state index is 6.88. The summed E-state index contributed by atoms with van der Waals surface area (Å²) in [6.45, 7) is 0. The molecule has 0 aliphatic rings. The molecule has 0 unspecified atom stereocenters. The van der Waals surface area contributed by atoms with E-state index in [1.54, 1.807) is 11.3 Å². The predicted molar refractivity (Wildman–Crippen MR) is 265 cm³/mol. The average Bonchev–Trinajstić information content (AvgIpc) is 4.11. The number of hydrogen-bond acceptors (Lipinski definition) is 5. The van der Waals surface area contributed by atoms with Crippen molar-refractivity contribution in [2.45, 2.75) is 0 Å². The third-order valence-corrected chi connectivity index (χ3v) is 13.9. The van der Waals surface area contributed by atoms with E-state index in [9.17, 15) is 0 Å². The van der Waals surface area contributed by atoms with Crippen LogP contribution in [0.25, 0.3) is 131 Å². The van der Waals surface area contributed by atoms with Gasteiger partial charge in [0.25, 0.3) is 0 Å². The van der Waals surface area contributed by atoms with E-state index in [2.05, 4.69) is 191 Å². The molecule has 14 aromatic rings. The molecule has 5 aromatic heterocycles. The van der Waals surface area contributed by atoms with E-state index in [-0.39, 0.29) is 0 Å². The lowest BCUT2D eigenvalue weighted by atomic mass is 9.99. The van der Waals surface area contributed by atoms with E-state index < -0.39 is 0 Å². The second-order valence-electron chi connectivity index (χ2n) is 16.3. The fourth-order valence-electron chi connectivity index (χ4n) is 10.0. The molecule has 0 spiro atoms. The molecule has 0 radical (unpaired) electrons. The summed E-state index contributed by atoms with van der Waals surface area (Å²) in [5.74, 6) is 1.82. The van der Waals surface area contributed by atoms with Crippen LogP contribution in [0, 0.1) is 0 Å². The molecular weight excluding hydrogens is 803 g/mol. The zero-order valence-corrected chi connectivity index (χ0v) is 34.9. The first kappa shape index (κ1) is 35.2. The van der Waals surface area contributed by atoms with Crippen LogP contribution in [0.2, 0.25) is 0 Å². The first-order valence-electron chi connectivity index (χ1n) is 21.4. The summed E-state index contributed by atoms with van der Waals surface area (Å²) in [7, 11) is 0. The molecular formula is C57H33N5OS. The Morgan fingerprint density at radius 1 is 0.375 bits per heavy atom. The maximum Gasteiger partial charge on any atom is 0.238 e. The van der Waals surface area contributed by atoms with Crippen LogP contribution in [0.5, 0.6) is 0 Å². The van der Waals surface area contributed by atoms with Crippen LogP contribution >= 0.6 is 11.3 Å². The van der Waals surface area contributed by atoms with Crippen LogP contribution in [0.1, 0.15) is 0 Å². The summed E-state index contributed by atoms with van der Waals surface area (Å²) in [5, 5.41) is 9.04. The van der Waals surface area contributed by atoms with E-state index in [1.165, 1.54) is 14.8 Å². The monoisotopic (exact) mass is 835 g/mol. The van der Waals surface area contributed by atoms with Gasteiger partial charge in [0.05, 0.1) is 27.8 Å². The Balaban J connectivity index is 1.05. The highest BCUT2D eigenvalue weighted by Gasteiger charge is 2.24. The van der Waals surface area contributed by atoms with E-state index in [1.807, 2.05) is 18.2 Å². The third-order valence-electron chi connectivity index (χ3n) is 12.8.